The summed E-state index contributed by atoms with van der Waals surface area (Å²) in [6, 6.07) is 5.77. The molecule has 0 heterocycles. The van der Waals surface area contributed by atoms with E-state index in [1.165, 1.54) is 7.11 Å². The molecule has 18 heavy (non-hydrogen) atoms. The average molecular weight is 253 g/mol. The summed E-state index contributed by atoms with van der Waals surface area (Å²) in [7, 11) is 1.28. The summed E-state index contributed by atoms with van der Waals surface area (Å²) in [6.45, 7) is -0.162. The molecule has 0 fully saturated rings. The van der Waals surface area contributed by atoms with Gasteiger partial charge in [0.1, 0.15) is 11.8 Å². The third kappa shape index (κ3) is 4.42. The number of ether oxygens (including phenoxy) is 2. The van der Waals surface area contributed by atoms with Gasteiger partial charge in [-0.2, -0.15) is 0 Å². The van der Waals surface area contributed by atoms with Crippen molar-refractivity contribution >= 4 is 11.9 Å². The van der Waals surface area contributed by atoms with E-state index in [4.69, 9.17) is 15.6 Å². The fourth-order valence-electron chi connectivity index (χ4n) is 1.26. The lowest BCUT2D eigenvalue weighted by atomic mass is 10.1. The largest absolute Gasteiger partial charge is 0.482 e. The lowest BCUT2D eigenvalue weighted by molar-refractivity contribution is -0.143. The summed E-state index contributed by atoms with van der Waals surface area (Å²) in [4.78, 5) is 21.4. The molecule has 0 aliphatic rings. The van der Waals surface area contributed by atoms with Gasteiger partial charge in [0, 0.05) is 0 Å². The molecule has 0 unspecified atom stereocenters. The highest BCUT2D eigenvalue weighted by Crippen LogP contribution is 2.13. The van der Waals surface area contributed by atoms with Gasteiger partial charge in [-0.25, -0.2) is 4.79 Å². The Kier molecular flexibility index (Phi) is 5.13. The van der Waals surface area contributed by atoms with Crippen molar-refractivity contribution in [2.45, 2.75) is 12.5 Å². The Balaban J connectivity index is 2.52. The highest BCUT2D eigenvalue weighted by Gasteiger charge is 2.11. The molecule has 0 spiro atoms. The second-order valence-corrected chi connectivity index (χ2v) is 3.66. The standard InChI is InChI=1S/C12H15NO5/c1-17-11(14)7-18-9-4-2-8(3-5-9)6-10(13)12(15)16/h2-5,10H,6-7,13H2,1H3,(H,15,16)/t10-/m0/s1. The van der Waals surface area contributed by atoms with Crippen molar-refractivity contribution < 1.29 is 24.2 Å². The molecule has 0 saturated carbocycles. The quantitative estimate of drug-likeness (QED) is 0.702. The predicted octanol–water partition coefficient (Wildman–Crippen LogP) is 0.193. The van der Waals surface area contributed by atoms with Crippen LogP contribution in [0.4, 0.5) is 0 Å². The summed E-state index contributed by atoms with van der Waals surface area (Å²) >= 11 is 0. The molecule has 0 aliphatic carbocycles. The number of hydrogen-bond acceptors (Lipinski definition) is 5. The molecular weight excluding hydrogens is 238 g/mol. The van der Waals surface area contributed by atoms with Crippen LogP contribution >= 0.6 is 0 Å². The molecule has 0 aromatic heterocycles. The number of rotatable bonds is 6. The minimum Gasteiger partial charge on any atom is -0.482 e. The van der Waals surface area contributed by atoms with Crippen molar-refractivity contribution in [3.05, 3.63) is 29.8 Å². The minimum absolute atomic E-state index is 0.162. The van der Waals surface area contributed by atoms with Crippen molar-refractivity contribution in [3.8, 4) is 5.75 Å². The number of carboxylic acids is 1. The summed E-state index contributed by atoms with van der Waals surface area (Å²) in [5, 5.41) is 8.67. The summed E-state index contributed by atoms with van der Waals surface area (Å²) in [5.41, 5.74) is 6.20. The van der Waals surface area contributed by atoms with Crippen molar-refractivity contribution in [1.82, 2.24) is 0 Å². The topological polar surface area (TPSA) is 98.9 Å². The summed E-state index contributed by atoms with van der Waals surface area (Å²) < 4.78 is 9.57. The first-order valence-electron chi connectivity index (χ1n) is 5.30. The zero-order valence-electron chi connectivity index (χ0n) is 9.96. The fraction of sp³-hybridized carbons (Fsp3) is 0.333. The second-order valence-electron chi connectivity index (χ2n) is 3.66. The second kappa shape index (κ2) is 6.61. The molecule has 0 saturated heterocycles. The first kappa shape index (κ1) is 14.0. The van der Waals surface area contributed by atoms with Crippen LogP contribution in [0.3, 0.4) is 0 Å². The molecule has 1 rings (SSSR count). The van der Waals surface area contributed by atoms with Gasteiger partial charge in [-0.15, -0.1) is 0 Å². The molecule has 98 valence electrons. The van der Waals surface area contributed by atoms with Gasteiger partial charge in [0.05, 0.1) is 7.11 Å². The van der Waals surface area contributed by atoms with E-state index in [0.29, 0.717) is 5.75 Å². The highest BCUT2D eigenvalue weighted by molar-refractivity contribution is 5.73. The number of aliphatic carboxylic acids is 1. The van der Waals surface area contributed by atoms with Crippen LogP contribution in [0.5, 0.6) is 5.75 Å². The molecule has 0 bridgehead atoms. The molecule has 3 N–H and O–H groups in total. The number of hydrogen-bond donors (Lipinski definition) is 2. The number of esters is 1. The lowest BCUT2D eigenvalue weighted by Gasteiger charge is -2.08. The van der Waals surface area contributed by atoms with Crippen LogP contribution in [0.1, 0.15) is 5.56 Å². The molecule has 0 radical (unpaired) electrons. The van der Waals surface area contributed by atoms with Crippen molar-refractivity contribution in [1.29, 1.82) is 0 Å². The summed E-state index contributed by atoms with van der Waals surface area (Å²) in [5.74, 6) is -0.999. The van der Waals surface area contributed by atoms with Gasteiger partial charge >= 0.3 is 11.9 Å². The van der Waals surface area contributed by atoms with Crippen LogP contribution in [0.15, 0.2) is 24.3 Å². The van der Waals surface area contributed by atoms with Gasteiger partial charge in [0.25, 0.3) is 0 Å². The number of carbonyl (C=O) groups is 2. The van der Waals surface area contributed by atoms with Gasteiger partial charge in [0.15, 0.2) is 6.61 Å². The Bertz CT molecular complexity index is 415. The Morgan fingerprint density at radius 1 is 1.33 bits per heavy atom. The van der Waals surface area contributed by atoms with Gasteiger partial charge < -0.3 is 20.3 Å². The summed E-state index contributed by atoms with van der Waals surface area (Å²) in [6.07, 6.45) is 0.243. The first-order chi connectivity index (χ1) is 8.52. The third-order valence-corrected chi connectivity index (χ3v) is 2.28. The monoisotopic (exact) mass is 253 g/mol. The molecule has 0 amide bonds. The van der Waals surface area contributed by atoms with E-state index in [-0.39, 0.29) is 13.0 Å². The average Bonchev–Trinajstić information content (AvgIpc) is 2.37. The van der Waals surface area contributed by atoms with E-state index in [2.05, 4.69) is 4.74 Å². The van der Waals surface area contributed by atoms with E-state index in [1.54, 1.807) is 24.3 Å². The van der Waals surface area contributed by atoms with Gasteiger partial charge in [0.2, 0.25) is 0 Å². The lowest BCUT2D eigenvalue weighted by Crippen LogP contribution is -2.32. The Hall–Kier alpha value is -2.08. The van der Waals surface area contributed by atoms with Crippen LogP contribution in [-0.4, -0.2) is 36.8 Å². The van der Waals surface area contributed by atoms with Crippen molar-refractivity contribution in [2.75, 3.05) is 13.7 Å². The maximum absolute atomic E-state index is 10.8. The maximum Gasteiger partial charge on any atom is 0.343 e. The molecule has 1 atom stereocenters. The zero-order chi connectivity index (χ0) is 13.5. The van der Waals surface area contributed by atoms with Crippen LogP contribution in [0.25, 0.3) is 0 Å². The van der Waals surface area contributed by atoms with Gasteiger partial charge in [-0.3, -0.25) is 4.79 Å². The third-order valence-electron chi connectivity index (χ3n) is 2.28. The molecule has 6 nitrogen and oxygen atoms in total. The minimum atomic E-state index is -1.04. The number of carboxylic acid groups (broad SMARTS) is 1. The van der Waals surface area contributed by atoms with E-state index in [0.717, 1.165) is 5.56 Å². The highest BCUT2D eigenvalue weighted by atomic mass is 16.6. The van der Waals surface area contributed by atoms with Crippen LogP contribution in [0, 0.1) is 0 Å². The molecular formula is C12H15NO5. The Morgan fingerprint density at radius 3 is 2.44 bits per heavy atom. The van der Waals surface area contributed by atoms with E-state index in [1.807, 2.05) is 0 Å². The molecule has 6 heteroatoms. The van der Waals surface area contributed by atoms with E-state index < -0.39 is 18.0 Å². The fourth-order valence-corrected chi connectivity index (χ4v) is 1.26. The Labute approximate surface area is 104 Å². The molecule has 0 aliphatic heterocycles. The van der Waals surface area contributed by atoms with E-state index >= 15 is 0 Å². The smallest absolute Gasteiger partial charge is 0.343 e. The van der Waals surface area contributed by atoms with Gasteiger partial charge in [-0.1, -0.05) is 12.1 Å². The molecule has 1 aromatic rings. The van der Waals surface area contributed by atoms with Crippen LogP contribution in [-0.2, 0) is 20.7 Å². The molecule has 1 aromatic carbocycles. The van der Waals surface area contributed by atoms with Crippen molar-refractivity contribution in [2.24, 2.45) is 5.73 Å². The number of benzene rings is 1. The number of nitrogens with two attached hydrogens (primary N) is 1. The normalized spacial score (nSPS) is 11.7. The van der Waals surface area contributed by atoms with Crippen LogP contribution < -0.4 is 10.5 Å². The number of methoxy groups -OCH3 is 1. The Morgan fingerprint density at radius 2 is 1.94 bits per heavy atom. The maximum atomic E-state index is 10.8. The van der Waals surface area contributed by atoms with Crippen molar-refractivity contribution in [3.63, 3.8) is 0 Å². The van der Waals surface area contributed by atoms with Gasteiger partial charge in [-0.05, 0) is 24.1 Å². The zero-order valence-corrected chi connectivity index (χ0v) is 9.96. The number of carbonyl (C=O) groups excluding carboxylic acids is 1. The SMILES string of the molecule is COC(=O)COc1ccc(C[C@H](N)C(=O)O)cc1. The van der Waals surface area contributed by atoms with E-state index in [9.17, 15) is 9.59 Å². The first-order valence-corrected chi connectivity index (χ1v) is 5.30. The van der Waals surface area contributed by atoms with Crippen LogP contribution in [0.2, 0.25) is 0 Å². The predicted molar refractivity (Wildman–Crippen MR) is 63.3 cm³/mol.